The van der Waals surface area contributed by atoms with Gasteiger partial charge in [-0.15, -0.1) is 0 Å². The number of nitrogens with one attached hydrogen (secondary N) is 2. The second-order valence-electron chi connectivity index (χ2n) is 15.7. The van der Waals surface area contributed by atoms with Gasteiger partial charge >= 0.3 is 0 Å². The molecule has 1 atom stereocenters. The fourth-order valence-corrected chi connectivity index (χ4v) is 8.87. The monoisotopic (exact) mass is 730 g/mol. The van der Waals surface area contributed by atoms with Crippen LogP contribution in [0.5, 0.6) is 0 Å². The first-order chi connectivity index (χ1) is 25.6. The van der Waals surface area contributed by atoms with E-state index in [0.717, 1.165) is 82.9 Å². The molecule has 3 aliphatic heterocycles. The molecule has 1 spiro atoms. The highest BCUT2D eigenvalue weighted by atomic mass is 19.1. The van der Waals surface area contributed by atoms with Gasteiger partial charge in [0.25, 0.3) is 11.8 Å². The number of benzene rings is 2. The number of carbonyl (C=O) groups excluding carboxylic acids is 5. The first kappa shape index (κ1) is 38.4. The lowest BCUT2D eigenvalue weighted by molar-refractivity contribution is -0.125. The molecular formula is C41H55FN6O5. The minimum atomic E-state index is -0.903. The molecule has 0 bridgehead atoms. The number of carbonyl (C=O) groups is 5. The van der Waals surface area contributed by atoms with Crippen LogP contribution in [0.3, 0.4) is 0 Å². The number of likely N-dealkylation sites (N-methyl/N-ethyl adjacent to an activating group) is 2. The van der Waals surface area contributed by atoms with Gasteiger partial charge in [0.15, 0.2) is 6.29 Å². The van der Waals surface area contributed by atoms with Gasteiger partial charge in [-0.3, -0.25) is 19.2 Å². The molecule has 4 fully saturated rings. The zero-order valence-corrected chi connectivity index (χ0v) is 31.3. The molecule has 53 heavy (non-hydrogen) atoms. The molecule has 1 unspecified atom stereocenters. The maximum atomic E-state index is 15.3. The Kier molecular flexibility index (Phi) is 12.5. The predicted octanol–water partition coefficient (Wildman–Crippen LogP) is 4.69. The van der Waals surface area contributed by atoms with Crippen molar-refractivity contribution in [1.82, 2.24) is 20.4 Å². The minimum absolute atomic E-state index is 0.0343. The van der Waals surface area contributed by atoms with E-state index in [2.05, 4.69) is 32.6 Å². The molecule has 3 saturated heterocycles. The summed E-state index contributed by atoms with van der Waals surface area (Å²) in [6.45, 7) is 6.46. The van der Waals surface area contributed by atoms with Gasteiger partial charge in [-0.25, -0.2) is 4.39 Å². The third-order valence-corrected chi connectivity index (χ3v) is 12.2. The van der Waals surface area contributed by atoms with Gasteiger partial charge in [0.1, 0.15) is 18.1 Å². The van der Waals surface area contributed by atoms with Crippen LogP contribution in [0.1, 0.15) is 102 Å². The summed E-state index contributed by atoms with van der Waals surface area (Å²) in [5.41, 5.74) is 2.25. The van der Waals surface area contributed by atoms with E-state index in [1.807, 2.05) is 17.0 Å². The van der Waals surface area contributed by atoms with Gasteiger partial charge in [-0.05, 0) is 100 Å². The molecule has 0 aromatic heterocycles. The summed E-state index contributed by atoms with van der Waals surface area (Å²) in [4.78, 5) is 69.9. The summed E-state index contributed by atoms with van der Waals surface area (Å²) in [5.74, 6) is -0.872. The molecule has 2 aromatic carbocycles. The third-order valence-electron chi connectivity index (χ3n) is 12.2. The normalized spacial score (nSPS) is 20.0. The van der Waals surface area contributed by atoms with E-state index < -0.39 is 23.7 Å². The van der Waals surface area contributed by atoms with Crippen molar-refractivity contribution in [1.29, 1.82) is 0 Å². The standard InChI is InChI=1S/C41H55FN6O5/c1-43-39(52)36(9-6-22-49)45(2)40(53)34-24-37(35(42)23-31(34)26-50)48-27-41(28-48)16-20-46(21-17-41)25-29-14-18-47(19-15-29)33-12-10-30(11-13-33)38(51)44-32-7-4-3-5-8-32/h10-13,22-24,26,29,32,36H,3-9,14-21,25,27-28H2,1-2H3,(H,43,52)(H,44,51). The fourth-order valence-electron chi connectivity index (χ4n) is 8.87. The Morgan fingerprint density at radius 2 is 1.62 bits per heavy atom. The van der Waals surface area contributed by atoms with Crippen molar-refractivity contribution < 1.29 is 28.4 Å². The van der Waals surface area contributed by atoms with E-state index in [0.29, 0.717) is 37.6 Å². The summed E-state index contributed by atoms with van der Waals surface area (Å²) >= 11 is 0. The number of amides is 3. The summed E-state index contributed by atoms with van der Waals surface area (Å²) in [5, 5.41) is 5.74. The van der Waals surface area contributed by atoms with Gasteiger partial charge in [0.05, 0.1) is 11.3 Å². The number of aldehydes is 2. The van der Waals surface area contributed by atoms with E-state index in [4.69, 9.17) is 0 Å². The van der Waals surface area contributed by atoms with Gasteiger partial charge < -0.3 is 35.0 Å². The van der Waals surface area contributed by atoms with E-state index >= 15 is 4.39 Å². The van der Waals surface area contributed by atoms with Crippen molar-refractivity contribution in [3.8, 4) is 0 Å². The number of piperidine rings is 2. The molecule has 12 heteroatoms. The maximum Gasteiger partial charge on any atom is 0.255 e. The Bertz CT molecular complexity index is 1620. The van der Waals surface area contributed by atoms with E-state index in [-0.39, 0.29) is 41.0 Å². The highest BCUT2D eigenvalue weighted by molar-refractivity contribution is 6.04. The Balaban J connectivity index is 0.969. The summed E-state index contributed by atoms with van der Waals surface area (Å²) in [6.07, 6.45) is 11.5. The van der Waals surface area contributed by atoms with Crippen molar-refractivity contribution in [3.05, 3.63) is 58.9 Å². The second kappa shape index (κ2) is 17.2. The molecule has 1 aliphatic carbocycles. The number of hydrogen-bond donors (Lipinski definition) is 2. The number of hydrogen-bond acceptors (Lipinski definition) is 8. The smallest absolute Gasteiger partial charge is 0.255 e. The molecule has 2 aromatic rings. The van der Waals surface area contributed by atoms with Crippen LogP contribution in [0.4, 0.5) is 15.8 Å². The van der Waals surface area contributed by atoms with Crippen molar-refractivity contribution >= 4 is 41.7 Å². The van der Waals surface area contributed by atoms with Crippen LogP contribution in [-0.4, -0.2) is 112 Å². The molecule has 6 rings (SSSR count). The summed E-state index contributed by atoms with van der Waals surface area (Å²) in [7, 11) is 2.91. The summed E-state index contributed by atoms with van der Waals surface area (Å²) < 4.78 is 15.3. The van der Waals surface area contributed by atoms with Crippen LogP contribution in [0.15, 0.2) is 36.4 Å². The van der Waals surface area contributed by atoms with Crippen LogP contribution < -0.4 is 20.4 Å². The number of likely N-dealkylation sites (tertiary alicyclic amines) is 1. The van der Waals surface area contributed by atoms with Crippen LogP contribution in [0.2, 0.25) is 0 Å². The van der Waals surface area contributed by atoms with Crippen molar-refractivity contribution in [2.24, 2.45) is 11.3 Å². The average molecular weight is 731 g/mol. The quantitative estimate of drug-likeness (QED) is 0.285. The number of anilines is 2. The van der Waals surface area contributed by atoms with Crippen LogP contribution >= 0.6 is 0 Å². The molecule has 3 amide bonds. The Morgan fingerprint density at radius 3 is 2.25 bits per heavy atom. The molecule has 1 saturated carbocycles. The Morgan fingerprint density at radius 1 is 0.943 bits per heavy atom. The van der Waals surface area contributed by atoms with Crippen molar-refractivity contribution in [3.63, 3.8) is 0 Å². The first-order valence-electron chi connectivity index (χ1n) is 19.5. The molecule has 11 nitrogen and oxygen atoms in total. The second-order valence-corrected chi connectivity index (χ2v) is 15.7. The largest absolute Gasteiger partial charge is 0.372 e. The Labute approximate surface area is 312 Å². The molecular weight excluding hydrogens is 675 g/mol. The molecule has 286 valence electrons. The number of nitrogens with zero attached hydrogens (tertiary/aromatic N) is 4. The average Bonchev–Trinajstić information content (AvgIpc) is 3.17. The van der Waals surface area contributed by atoms with Crippen LogP contribution in [-0.2, 0) is 9.59 Å². The lowest BCUT2D eigenvalue weighted by atomic mass is 9.71. The molecule has 4 aliphatic rings. The zero-order valence-electron chi connectivity index (χ0n) is 31.3. The first-order valence-corrected chi connectivity index (χ1v) is 19.5. The zero-order chi connectivity index (χ0) is 37.5. The van der Waals surface area contributed by atoms with Gasteiger partial charge in [0, 0.05) is 81.5 Å². The lowest BCUT2D eigenvalue weighted by Gasteiger charge is -2.55. The predicted molar refractivity (Wildman–Crippen MR) is 203 cm³/mol. The SMILES string of the molecule is CNC(=O)C(CCC=O)N(C)C(=O)c1cc(N2CC3(CCN(CC4CCN(c5ccc(C(=O)NC6CCCCC6)cc5)CC4)CC3)C2)c(F)cc1C=O. The van der Waals surface area contributed by atoms with Crippen molar-refractivity contribution in [2.45, 2.75) is 82.7 Å². The molecule has 2 N–H and O–H groups in total. The highest BCUT2D eigenvalue weighted by Gasteiger charge is 2.46. The number of rotatable bonds is 13. The Hall–Kier alpha value is -4.32. The minimum Gasteiger partial charge on any atom is -0.372 e. The topological polar surface area (TPSA) is 122 Å². The lowest BCUT2D eigenvalue weighted by Crippen LogP contribution is -2.61. The summed E-state index contributed by atoms with van der Waals surface area (Å²) in [6, 6.07) is 10.0. The fraction of sp³-hybridized carbons (Fsp3) is 0.585. The molecule has 0 radical (unpaired) electrons. The molecule has 3 heterocycles. The van der Waals surface area contributed by atoms with E-state index in [1.165, 1.54) is 50.0 Å². The van der Waals surface area contributed by atoms with Gasteiger partial charge in [-0.2, -0.15) is 0 Å². The van der Waals surface area contributed by atoms with E-state index in [9.17, 15) is 24.0 Å². The van der Waals surface area contributed by atoms with Crippen molar-refractivity contribution in [2.75, 3.05) is 69.7 Å². The van der Waals surface area contributed by atoms with Gasteiger partial charge in [0.2, 0.25) is 5.91 Å². The maximum absolute atomic E-state index is 15.3. The van der Waals surface area contributed by atoms with Crippen LogP contribution in [0, 0.1) is 17.2 Å². The van der Waals surface area contributed by atoms with Gasteiger partial charge in [-0.1, -0.05) is 19.3 Å². The highest BCUT2D eigenvalue weighted by Crippen LogP contribution is 2.44. The third kappa shape index (κ3) is 8.91. The van der Waals surface area contributed by atoms with Crippen LogP contribution in [0.25, 0.3) is 0 Å². The number of halogens is 1. The van der Waals surface area contributed by atoms with E-state index in [1.54, 1.807) is 0 Å².